The summed E-state index contributed by atoms with van der Waals surface area (Å²) in [6.07, 6.45) is 1.45. The molecule has 0 saturated carbocycles. The van der Waals surface area contributed by atoms with Crippen molar-refractivity contribution < 1.29 is 4.79 Å². The van der Waals surface area contributed by atoms with Gasteiger partial charge in [0.25, 0.3) is 0 Å². The van der Waals surface area contributed by atoms with Gasteiger partial charge in [0.15, 0.2) is 0 Å². The number of nitrogens with two attached hydrogens (primary N) is 1. The summed E-state index contributed by atoms with van der Waals surface area (Å²) in [5.74, 6) is 0.124. The average molecular weight is 334 g/mol. The Kier molecular flexibility index (Phi) is 3.06. The standard InChI is InChI=1S/C13H12BrN5O/c1-7-10(12(15)20)11(8-3-2-4-9(14)5-8)19-13(18-7)16-6-17-19/h2-6,11H,1H3,(H2,15,20)(H,16,17,18). The zero-order valence-electron chi connectivity index (χ0n) is 10.7. The number of amides is 1. The zero-order valence-corrected chi connectivity index (χ0v) is 12.3. The molecule has 1 aliphatic heterocycles. The number of rotatable bonds is 2. The van der Waals surface area contributed by atoms with Gasteiger partial charge in [-0.3, -0.25) is 4.79 Å². The maximum atomic E-state index is 11.8. The normalized spacial score (nSPS) is 17.6. The molecule has 0 spiro atoms. The number of hydrogen-bond acceptors (Lipinski definition) is 4. The molecule has 6 nitrogen and oxygen atoms in total. The van der Waals surface area contributed by atoms with Gasteiger partial charge >= 0.3 is 0 Å². The van der Waals surface area contributed by atoms with Crippen LogP contribution in [0.2, 0.25) is 0 Å². The molecule has 0 saturated heterocycles. The quantitative estimate of drug-likeness (QED) is 0.877. The smallest absolute Gasteiger partial charge is 0.248 e. The summed E-state index contributed by atoms with van der Waals surface area (Å²) < 4.78 is 2.59. The number of aromatic nitrogens is 3. The molecule has 102 valence electrons. The van der Waals surface area contributed by atoms with Crippen molar-refractivity contribution in [3.8, 4) is 0 Å². The maximum Gasteiger partial charge on any atom is 0.248 e. The van der Waals surface area contributed by atoms with Gasteiger partial charge in [0.05, 0.1) is 5.57 Å². The summed E-state index contributed by atoms with van der Waals surface area (Å²) in [5.41, 5.74) is 7.64. The zero-order chi connectivity index (χ0) is 14.3. The number of nitrogens with zero attached hydrogens (tertiary/aromatic N) is 3. The summed E-state index contributed by atoms with van der Waals surface area (Å²) in [6.45, 7) is 1.81. The Morgan fingerprint density at radius 1 is 1.50 bits per heavy atom. The van der Waals surface area contributed by atoms with Crippen molar-refractivity contribution in [1.82, 2.24) is 14.8 Å². The van der Waals surface area contributed by atoms with Gasteiger partial charge in [-0.15, -0.1) is 0 Å². The number of primary amides is 1. The Morgan fingerprint density at radius 3 is 3.00 bits per heavy atom. The SMILES string of the molecule is CC1=C(C(N)=O)C(c2cccc(Br)c2)n2ncnc2N1. The van der Waals surface area contributed by atoms with Crippen LogP contribution >= 0.6 is 15.9 Å². The molecule has 1 amide bonds. The van der Waals surface area contributed by atoms with Gasteiger partial charge in [-0.05, 0) is 24.6 Å². The van der Waals surface area contributed by atoms with E-state index in [1.807, 2.05) is 31.2 Å². The van der Waals surface area contributed by atoms with Gasteiger partial charge in [0, 0.05) is 10.2 Å². The Hall–Kier alpha value is -2.15. The Balaban J connectivity index is 2.22. The lowest BCUT2D eigenvalue weighted by atomic mass is 9.95. The lowest BCUT2D eigenvalue weighted by Crippen LogP contribution is -2.31. The highest BCUT2D eigenvalue weighted by Crippen LogP contribution is 2.34. The maximum absolute atomic E-state index is 11.8. The number of fused-ring (bicyclic) bond motifs is 1. The summed E-state index contributed by atoms with van der Waals surface area (Å²) in [6, 6.07) is 7.34. The molecule has 0 radical (unpaired) electrons. The van der Waals surface area contributed by atoms with E-state index in [-0.39, 0.29) is 6.04 Å². The van der Waals surface area contributed by atoms with E-state index in [1.165, 1.54) is 6.33 Å². The van der Waals surface area contributed by atoms with Crippen LogP contribution in [0.4, 0.5) is 5.95 Å². The Bertz CT molecular complexity index is 721. The number of halogens is 1. The van der Waals surface area contributed by atoms with Crippen molar-refractivity contribution in [2.24, 2.45) is 5.73 Å². The molecule has 7 heteroatoms. The predicted octanol–water partition coefficient (Wildman–Crippen LogP) is 1.81. The largest absolute Gasteiger partial charge is 0.366 e. The second kappa shape index (κ2) is 4.75. The van der Waals surface area contributed by atoms with Gasteiger partial charge in [0.2, 0.25) is 11.9 Å². The Labute approximate surface area is 123 Å². The van der Waals surface area contributed by atoms with Crippen molar-refractivity contribution in [2.45, 2.75) is 13.0 Å². The number of hydrogen-bond donors (Lipinski definition) is 2. The first kappa shape index (κ1) is 12.9. The highest BCUT2D eigenvalue weighted by atomic mass is 79.9. The van der Waals surface area contributed by atoms with E-state index in [2.05, 4.69) is 31.3 Å². The molecule has 0 fully saturated rings. The molecule has 1 atom stereocenters. The fourth-order valence-electron chi connectivity index (χ4n) is 2.39. The van der Waals surface area contributed by atoms with Crippen LogP contribution in [0, 0.1) is 0 Å². The van der Waals surface area contributed by atoms with Crippen LogP contribution in [-0.2, 0) is 4.79 Å². The number of carbonyl (C=O) groups is 1. The van der Waals surface area contributed by atoms with Crippen molar-refractivity contribution in [2.75, 3.05) is 5.32 Å². The molecule has 3 rings (SSSR count). The molecular weight excluding hydrogens is 322 g/mol. The van der Waals surface area contributed by atoms with Gasteiger partial charge in [-0.1, -0.05) is 28.1 Å². The number of anilines is 1. The first-order valence-corrected chi connectivity index (χ1v) is 6.80. The molecule has 1 aliphatic rings. The van der Waals surface area contributed by atoms with Gasteiger partial charge in [0.1, 0.15) is 12.4 Å². The summed E-state index contributed by atoms with van der Waals surface area (Å²) in [7, 11) is 0. The fraction of sp³-hybridized carbons (Fsp3) is 0.154. The minimum Gasteiger partial charge on any atom is -0.366 e. The van der Waals surface area contributed by atoms with Crippen LogP contribution in [0.15, 0.2) is 46.3 Å². The monoisotopic (exact) mass is 333 g/mol. The molecule has 0 bridgehead atoms. The lowest BCUT2D eigenvalue weighted by molar-refractivity contribution is -0.115. The lowest BCUT2D eigenvalue weighted by Gasteiger charge is -2.27. The van der Waals surface area contributed by atoms with Crippen LogP contribution in [0.3, 0.4) is 0 Å². The third-order valence-electron chi connectivity index (χ3n) is 3.22. The van der Waals surface area contributed by atoms with E-state index in [4.69, 9.17) is 5.73 Å². The third-order valence-corrected chi connectivity index (χ3v) is 3.72. The molecule has 2 heterocycles. The minimum atomic E-state index is -0.471. The van der Waals surface area contributed by atoms with Crippen molar-refractivity contribution in [3.63, 3.8) is 0 Å². The van der Waals surface area contributed by atoms with Crippen molar-refractivity contribution >= 4 is 27.8 Å². The van der Waals surface area contributed by atoms with Crippen LogP contribution < -0.4 is 11.1 Å². The number of allylic oxidation sites excluding steroid dienone is 1. The minimum absolute atomic E-state index is 0.372. The molecular formula is C13H12BrN5O. The predicted molar refractivity (Wildman–Crippen MR) is 77.8 cm³/mol. The van der Waals surface area contributed by atoms with Gasteiger partial charge < -0.3 is 11.1 Å². The van der Waals surface area contributed by atoms with E-state index in [0.717, 1.165) is 10.0 Å². The second-order valence-corrected chi connectivity index (χ2v) is 5.43. The van der Waals surface area contributed by atoms with Crippen molar-refractivity contribution in [3.05, 3.63) is 51.9 Å². The van der Waals surface area contributed by atoms with Crippen LogP contribution in [-0.4, -0.2) is 20.7 Å². The van der Waals surface area contributed by atoms with E-state index in [9.17, 15) is 4.79 Å². The van der Waals surface area contributed by atoms with E-state index >= 15 is 0 Å². The second-order valence-electron chi connectivity index (χ2n) is 4.51. The summed E-state index contributed by atoms with van der Waals surface area (Å²) in [5, 5.41) is 7.24. The molecule has 1 unspecified atom stereocenters. The van der Waals surface area contributed by atoms with Crippen LogP contribution in [0.1, 0.15) is 18.5 Å². The van der Waals surface area contributed by atoms with E-state index < -0.39 is 5.91 Å². The van der Waals surface area contributed by atoms with Crippen LogP contribution in [0.25, 0.3) is 0 Å². The van der Waals surface area contributed by atoms with Crippen LogP contribution in [0.5, 0.6) is 0 Å². The fourth-order valence-corrected chi connectivity index (χ4v) is 2.81. The number of benzene rings is 1. The highest BCUT2D eigenvalue weighted by molar-refractivity contribution is 9.10. The molecule has 1 aromatic carbocycles. The van der Waals surface area contributed by atoms with E-state index in [0.29, 0.717) is 17.2 Å². The van der Waals surface area contributed by atoms with Gasteiger partial charge in [-0.2, -0.15) is 10.1 Å². The van der Waals surface area contributed by atoms with E-state index in [1.54, 1.807) is 4.68 Å². The summed E-state index contributed by atoms with van der Waals surface area (Å²) >= 11 is 3.44. The van der Waals surface area contributed by atoms with Gasteiger partial charge in [-0.25, -0.2) is 4.68 Å². The molecule has 2 aromatic rings. The van der Waals surface area contributed by atoms with Crippen molar-refractivity contribution in [1.29, 1.82) is 0 Å². The first-order chi connectivity index (χ1) is 9.58. The molecule has 1 aromatic heterocycles. The number of carbonyl (C=O) groups excluding carboxylic acids is 1. The molecule has 0 aliphatic carbocycles. The summed E-state index contributed by atoms with van der Waals surface area (Å²) in [4.78, 5) is 16.0. The number of nitrogens with one attached hydrogen (secondary N) is 1. The molecule has 3 N–H and O–H groups in total. The Morgan fingerprint density at radius 2 is 2.30 bits per heavy atom. The first-order valence-electron chi connectivity index (χ1n) is 6.00. The average Bonchev–Trinajstić information content (AvgIpc) is 2.84. The molecule has 20 heavy (non-hydrogen) atoms. The third kappa shape index (κ3) is 2.00. The highest BCUT2D eigenvalue weighted by Gasteiger charge is 2.32. The topological polar surface area (TPSA) is 85.8 Å².